The summed E-state index contributed by atoms with van der Waals surface area (Å²) in [6.07, 6.45) is 0.941. The number of aromatic nitrogens is 1. The van der Waals surface area contributed by atoms with Crippen LogP contribution in [0.1, 0.15) is 17.9 Å². The van der Waals surface area contributed by atoms with Gasteiger partial charge in [-0.25, -0.2) is 0 Å². The number of ether oxygens (including phenoxy) is 1. The van der Waals surface area contributed by atoms with Crippen LogP contribution in [0.25, 0.3) is 10.8 Å². The van der Waals surface area contributed by atoms with Crippen LogP contribution in [0, 0.1) is 6.92 Å². The normalized spacial score (nSPS) is 15.5. The predicted molar refractivity (Wildman–Crippen MR) is 107 cm³/mol. The van der Waals surface area contributed by atoms with E-state index in [1.165, 1.54) is 0 Å². The maximum Gasteiger partial charge on any atom is 0.260 e. The molecule has 1 aromatic heterocycles. The first-order valence-electron chi connectivity index (χ1n) is 9.72. The first kappa shape index (κ1) is 18.5. The number of benzene rings is 2. The van der Waals surface area contributed by atoms with Crippen LogP contribution in [0.3, 0.4) is 0 Å². The van der Waals surface area contributed by atoms with Crippen molar-refractivity contribution in [1.82, 2.24) is 15.0 Å². The third kappa shape index (κ3) is 4.34. The minimum atomic E-state index is 0.0343. The zero-order valence-corrected chi connectivity index (χ0v) is 16.1. The van der Waals surface area contributed by atoms with E-state index in [0.717, 1.165) is 60.6 Å². The molecule has 1 saturated heterocycles. The van der Waals surface area contributed by atoms with Gasteiger partial charge in [0, 0.05) is 44.2 Å². The molecule has 6 nitrogen and oxygen atoms in total. The van der Waals surface area contributed by atoms with E-state index in [2.05, 4.69) is 10.1 Å². The summed E-state index contributed by atoms with van der Waals surface area (Å²) in [6.45, 7) is 5.95. The van der Waals surface area contributed by atoms with Crippen molar-refractivity contribution < 1.29 is 14.1 Å². The number of fused-ring (bicyclic) bond motifs is 1. The maximum atomic E-state index is 12.7. The molecular weight excluding hydrogens is 354 g/mol. The molecular formula is C22H25N3O3. The van der Waals surface area contributed by atoms with Gasteiger partial charge in [-0.1, -0.05) is 41.6 Å². The summed E-state index contributed by atoms with van der Waals surface area (Å²) in [5.41, 5.74) is 0.941. The van der Waals surface area contributed by atoms with Crippen molar-refractivity contribution >= 4 is 16.7 Å². The lowest BCUT2D eigenvalue weighted by Gasteiger charge is -2.21. The highest BCUT2D eigenvalue weighted by atomic mass is 16.5. The van der Waals surface area contributed by atoms with E-state index in [9.17, 15) is 4.79 Å². The molecule has 1 amide bonds. The van der Waals surface area contributed by atoms with E-state index in [0.29, 0.717) is 6.54 Å². The van der Waals surface area contributed by atoms with Crippen LogP contribution >= 0.6 is 0 Å². The molecule has 28 heavy (non-hydrogen) atoms. The van der Waals surface area contributed by atoms with Crippen LogP contribution in [0.4, 0.5) is 0 Å². The van der Waals surface area contributed by atoms with E-state index >= 15 is 0 Å². The minimum Gasteiger partial charge on any atom is -0.483 e. The Morgan fingerprint density at radius 3 is 2.82 bits per heavy atom. The quantitative estimate of drug-likeness (QED) is 0.681. The second kappa shape index (κ2) is 8.44. The molecule has 0 aliphatic carbocycles. The van der Waals surface area contributed by atoms with Crippen LogP contribution in [0.15, 0.2) is 53.1 Å². The molecule has 0 atom stereocenters. The number of nitrogens with zero attached hydrogens (tertiary/aromatic N) is 3. The van der Waals surface area contributed by atoms with Crippen molar-refractivity contribution in [2.45, 2.75) is 19.9 Å². The molecule has 3 aromatic rings. The average Bonchev–Trinajstić information content (AvgIpc) is 2.98. The van der Waals surface area contributed by atoms with Crippen LogP contribution in [0.5, 0.6) is 5.75 Å². The molecule has 6 heteroatoms. The largest absolute Gasteiger partial charge is 0.483 e. The zero-order valence-electron chi connectivity index (χ0n) is 16.1. The van der Waals surface area contributed by atoms with Gasteiger partial charge in [0.2, 0.25) is 0 Å². The molecule has 2 heterocycles. The SMILES string of the molecule is Cc1cc(CN2CCCN(C(=O)COc3cccc4ccccc34)CC2)no1. The Bertz CT molecular complexity index is 948. The topological polar surface area (TPSA) is 58.8 Å². The van der Waals surface area contributed by atoms with Crippen LogP contribution in [-0.4, -0.2) is 53.6 Å². The number of carbonyl (C=O) groups excluding carboxylic acids is 1. The summed E-state index contributed by atoms with van der Waals surface area (Å²) in [6, 6.07) is 15.9. The van der Waals surface area contributed by atoms with Crippen molar-refractivity contribution in [2.75, 3.05) is 32.8 Å². The van der Waals surface area contributed by atoms with Gasteiger partial charge in [-0.3, -0.25) is 9.69 Å². The highest BCUT2D eigenvalue weighted by molar-refractivity contribution is 5.88. The number of amides is 1. The third-order valence-electron chi connectivity index (χ3n) is 5.10. The third-order valence-corrected chi connectivity index (χ3v) is 5.10. The lowest BCUT2D eigenvalue weighted by molar-refractivity contribution is -0.133. The first-order chi connectivity index (χ1) is 13.7. The van der Waals surface area contributed by atoms with Gasteiger partial charge < -0.3 is 14.2 Å². The van der Waals surface area contributed by atoms with Crippen molar-refractivity contribution in [3.8, 4) is 5.75 Å². The highest BCUT2D eigenvalue weighted by Gasteiger charge is 2.20. The molecule has 1 aliphatic rings. The fourth-order valence-electron chi connectivity index (χ4n) is 3.65. The highest BCUT2D eigenvalue weighted by Crippen LogP contribution is 2.25. The molecule has 0 spiro atoms. The van der Waals surface area contributed by atoms with E-state index in [-0.39, 0.29) is 12.5 Å². The van der Waals surface area contributed by atoms with Crippen LogP contribution in [-0.2, 0) is 11.3 Å². The summed E-state index contributed by atoms with van der Waals surface area (Å²) in [4.78, 5) is 16.9. The number of aryl methyl sites for hydroxylation is 1. The van der Waals surface area contributed by atoms with Crippen LogP contribution in [0.2, 0.25) is 0 Å². The van der Waals surface area contributed by atoms with Gasteiger partial charge in [0.05, 0.1) is 5.69 Å². The van der Waals surface area contributed by atoms with E-state index < -0.39 is 0 Å². The number of hydrogen-bond donors (Lipinski definition) is 0. The summed E-state index contributed by atoms with van der Waals surface area (Å²) < 4.78 is 11.0. The summed E-state index contributed by atoms with van der Waals surface area (Å²) in [7, 11) is 0. The van der Waals surface area contributed by atoms with E-state index in [1.54, 1.807) is 0 Å². The molecule has 0 N–H and O–H groups in total. The van der Waals surface area contributed by atoms with E-state index in [1.807, 2.05) is 60.4 Å². The summed E-state index contributed by atoms with van der Waals surface area (Å²) in [5.74, 6) is 1.61. The van der Waals surface area contributed by atoms with Gasteiger partial charge in [-0.05, 0) is 24.8 Å². The van der Waals surface area contributed by atoms with Crippen molar-refractivity contribution in [3.63, 3.8) is 0 Å². The van der Waals surface area contributed by atoms with Crippen molar-refractivity contribution in [2.24, 2.45) is 0 Å². The second-order valence-corrected chi connectivity index (χ2v) is 7.21. The van der Waals surface area contributed by atoms with Gasteiger partial charge in [-0.15, -0.1) is 0 Å². The number of hydrogen-bond acceptors (Lipinski definition) is 5. The van der Waals surface area contributed by atoms with Gasteiger partial charge in [-0.2, -0.15) is 0 Å². The Kier molecular flexibility index (Phi) is 5.58. The molecule has 146 valence electrons. The monoisotopic (exact) mass is 379 g/mol. The fraction of sp³-hybridized carbons (Fsp3) is 0.364. The predicted octanol–water partition coefficient (Wildman–Crippen LogP) is 3.25. The summed E-state index contributed by atoms with van der Waals surface area (Å²) in [5, 5.41) is 6.21. The lowest BCUT2D eigenvalue weighted by Crippen LogP contribution is -2.38. The van der Waals surface area contributed by atoms with Crippen LogP contribution < -0.4 is 4.74 Å². The molecule has 0 bridgehead atoms. The fourth-order valence-corrected chi connectivity index (χ4v) is 3.65. The molecule has 0 radical (unpaired) electrons. The maximum absolute atomic E-state index is 12.7. The number of carbonyl (C=O) groups is 1. The molecule has 0 saturated carbocycles. The molecule has 1 fully saturated rings. The Hall–Kier alpha value is -2.86. The number of rotatable bonds is 5. The van der Waals surface area contributed by atoms with Crippen molar-refractivity contribution in [1.29, 1.82) is 0 Å². The molecule has 1 aliphatic heterocycles. The average molecular weight is 379 g/mol. The molecule has 0 unspecified atom stereocenters. The van der Waals surface area contributed by atoms with Gasteiger partial charge in [0.15, 0.2) is 6.61 Å². The smallest absolute Gasteiger partial charge is 0.260 e. The second-order valence-electron chi connectivity index (χ2n) is 7.21. The summed E-state index contributed by atoms with van der Waals surface area (Å²) >= 11 is 0. The minimum absolute atomic E-state index is 0.0343. The molecule has 2 aromatic carbocycles. The Balaban J connectivity index is 1.32. The first-order valence-corrected chi connectivity index (χ1v) is 9.72. The Morgan fingerprint density at radius 1 is 1.11 bits per heavy atom. The van der Waals surface area contributed by atoms with Gasteiger partial charge in [0.25, 0.3) is 5.91 Å². The molecule has 4 rings (SSSR count). The van der Waals surface area contributed by atoms with E-state index in [4.69, 9.17) is 9.26 Å². The Labute approximate surface area is 164 Å². The zero-order chi connectivity index (χ0) is 19.3. The standard InChI is InChI=1S/C22H25N3O3/c1-17-14-19(23-28-17)15-24-10-5-11-25(13-12-24)22(26)16-27-21-9-4-7-18-6-2-3-8-20(18)21/h2-4,6-9,14H,5,10-13,15-16H2,1H3. The lowest BCUT2D eigenvalue weighted by atomic mass is 10.1. The van der Waals surface area contributed by atoms with Gasteiger partial charge >= 0.3 is 0 Å². The van der Waals surface area contributed by atoms with Gasteiger partial charge in [0.1, 0.15) is 11.5 Å². The Morgan fingerprint density at radius 2 is 1.96 bits per heavy atom. The van der Waals surface area contributed by atoms with Crippen molar-refractivity contribution in [3.05, 3.63) is 60.0 Å².